The Morgan fingerprint density at radius 3 is 2.75 bits per heavy atom. The highest BCUT2D eigenvalue weighted by molar-refractivity contribution is 6.02. The fourth-order valence-electron chi connectivity index (χ4n) is 2.30. The Morgan fingerprint density at radius 1 is 1.45 bits per heavy atom. The van der Waals surface area contributed by atoms with Gasteiger partial charge in [-0.15, -0.1) is 0 Å². The number of hydrogen-bond donors (Lipinski definition) is 0. The Morgan fingerprint density at radius 2 is 2.15 bits per heavy atom. The molecular weight excluding hydrogens is 256 g/mol. The Bertz CT molecular complexity index is 559. The minimum atomic E-state index is -0.526. The molecule has 0 N–H and O–H groups in total. The number of nitrogens with zero attached hydrogens (tertiary/aromatic N) is 2. The highest BCUT2D eigenvalue weighted by atomic mass is 16.6. The molecule has 0 aromatic carbocycles. The molecule has 0 bridgehead atoms. The van der Waals surface area contributed by atoms with Gasteiger partial charge in [-0.05, 0) is 38.8 Å². The molecule has 0 fully saturated rings. The van der Waals surface area contributed by atoms with Gasteiger partial charge >= 0.3 is 6.09 Å². The molecule has 5 nitrogen and oxygen atoms in total. The molecule has 0 unspecified atom stereocenters. The molecule has 5 heteroatoms. The Kier molecular flexibility index (Phi) is 3.67. The normalized spacial score (nSPS) is 19.2. The Balaban J connectivity index is 2.12. The summed E-state index contributed by atoms with van der Waals surface area (Å²) in [5.41, 5.74) is 1.59. The minimum Gasteiger partial charge on any atom is -0.444 e. The molecule has 2 rings (SSSR count). The Labute approximate surface area is 118 Å². The molecular formula is C15H18N2O3. The maximum Gasteiger partial charge on any atom is 0.410 e. The van der Waals surface area contributed by atoms with Crippen molar-refractivity contribution in [2.24, 2.45) is 0 Å². The third kappa shape index (κ3) is 3.08. The van der Waals surface area contributed by atoms with Crippen LogP contribution in [0.15, 0.2) is 22.8 Å². The van der Waals surface area contributed by atoms with E-state index in [1.54, 1.807) is 11.0 Å². The second-order valence-electron chi connectivity index (χ2n) is 6.05. The lowest BCUT2D eigenvalue weighted by atomic mass is 9.87. The summed E-state index contributed by atoms with van der Waals surface area (Å²) < 4.78 is 5.34. The summed E-state index contributed by atoms with van der Waals surface area (Å²) in [6, 6.07) is 1.91. The first-order valence-corrected chi connectivity index (χ1v) is 6.64. The standard InChI is InChI=1S/C15H18N2O3/c1-15(2,3)20-14(19)17-5-4-10-7-13(18)11(8-16)6-12(10)9-17/h6H,4-5,7,9H2,1-3H3. The molecule has 0 atom stereocenters. The van der Waals surface area contributed by atoms with Gasteiger partial charge in [-0.25, -0.2) is 4.79 Å². The lowest BCUT2D eigenvalue weighted by Gasteiger charge is -2.33. The van der Waals surface area contributed by atoms with Crippen molar-refractivity contribution in [2.75, 3.05) is 13.1 Å². The number of hydrogen-bond acceptors (Lipinski definition) is 4. The monoisotopic (exact) mass is 274 g/mol. The van der Waals surface area contributed by atoms with Crippen LogP contribution in [0.25, 0.3) is 0 Å². The van der Waals surface area contributed by atoms with Crippen molar-refractivity contribution in [3.8, 4) is 6.07 Å². The van der Waals surface area contributed by atoms with Crippen molar-refractivity contribution in [2.45, 2.75) is 39.2 Å². The van der Waals surface area contributed by atoms with Crippen molar-refractivity contribution in [3.05, 3.63) is 22.8 Å². The number of rotatable bonds is 0. The van der Waals surface area contributed by atoms with Crippen molar-refractivity contribution >= 4 is 11.9 Å². The van der Waals surface area contributed by atoms with Gasteiger partial charge in [0.05, 0.1) is 5.57 Å². The van der Waals surface area contributed by atoms with Crippen LogP contribution in [0.5, 0.6) is 0 Å². The number of ketones is 1. The third-order valence-corrected chi connectivity index (χ3v) is 3.26. The average Bonchev–Trinajstić information content (AvgIpc) is 2.35. The first kappa shape index (κ1) is 14.3. The summed E-state index contributed by atoms with van der Waals surface area (Å²) in [7, 11) is 0. The average molecular weight is 274 g/mol. The van der Waals surface area contributed by atoms with E-state index in [-0.39, 0.29) is 17.4 Å². The van der Waals surface area contributed by atoms with Crippen LogP contribution in [-0.2, 0) is 9.53 Å². The van der Waals surface area contributed by atoms with Gasteiger partial charge in [-0.3, -0.25) is 4.79 Å². The first-order valence-electron chi connectivity index (χ1n) is 6.64. The SMILES string of the molecule is CC(C)(C)OC(=O)N1CCC2=C(C=C(C#N)C(=O)C2)C1. The smallest absolute Gasteiger partial charge is 0.410 e. The lowest BCUT2D eigenvalue weighted by Crippen LogP contribution is -2.41. The molecule has 0 spiro atoms. The molecule has 1 amide bonds. The fourth-order valence-corrected chi connectivity index (χ4v) is 2.30. The van der Waals surface area contributed by atoms with E-state index in [1.807, 2.05) is 26.8 Å². The van der Waals surface area contributed by atoms with E-state index < -0.39 is 5.60 Å². The maximum atomic E-state index is 12.0. The summed E-state index contributed by atoms with van der Waals surface area (Å²) in [5, 5.41) is 8.91. The highest BCUT2D eigenvalue weighted by Crippen LogP contribution is 2.28. The zero-order valence-corrected chi connectivity index (χ0v) is 12.0. The molecule has 0 aromatic rings. The molecule has 0 saturated heterocycles. The number of ether oxygens (including phenoxy) is 1. The number of allylic oxidation sites excluding steroid dienone is 1. The van der Waals surface area contributed by atoms with Crippen LogP contribution in [0, 0.1) is 11.3 Å². The predicted octanol–water partition coefficient (Wildman–Crippen LogP) is 2.35. The second-order valence-corrected chi connectivity index (χ2v) is 6.05. The zero-order valence-electron chi connectivity index (χ0n) is 12.0. The van der Waals surface area contributed by atoms with Crippen LogP contribution in [0.3, 0.4) is 0 Å². The van der Waals surface area contributed by atoms with Crippen LogP contribution < -0.4 is 0 Å². The Hall–Kier alpha value is -2.09. The number of Topliss-reactive ketones (excluding diaryl/α,β-unsaturated/α-hetero) is 1. The van der Waals surface area contributed by atoms with E-state index in [4.69, 9.17) is 10.00 Å². The van der Waals surface area contributed by atoms with E-state index >= 15 is 0 Å². The maximum absolute atomic E-state index is 12.0. The predicted molar refractivity (Wildman–Crippen MR) is 72.8 cm³/mol. The molecule has 1 aliphatic heterocycles. The number of carbonyl (C=O) groups is 2. The van der Waals surface area contributed by atoms with Crippen LogP contribution in [0.4, 0.5) is 4.79 Å². The van der Waals surface area contributed by atoms with Crippen LogP contribution in [0.1, 0.15) is 33.6 Å². The zero-order chi connectivity index (χ0) is 14.9. The molecule has 0 saturated carbocycles. The summed E-state index contributed by atoms with van der Waals surface area (Å²) in [5.74, 6) is -0.128. The molecule has 20 heavy (non-hydrogen) atoms. The third-order valence-electron chi connectivity index (χ3n) is 3.26. The largest absolute Gasteiger partial charge is 0.444 e. The molecule has 1 aliphatic carbocycles. The second kappa shape index (κ2) is 5.12. The molecule has 2 aliphatic rings. The topological polar surface area (TPSA) is 70.4 Å². The lowest BCUT2D eigenvalue weighted by molar-refractivity contribution is -0.114. The van der Waals surface area contributed by atoms with Gasteiger partial charge < -0.3 is 9.64 Å². The van der Waals surface area contributed by atoms with Crippen LogP contribution >= 0.6 is 0 Å². The summed E-state index contributed by atoms with van der Waals surface area (Å²) in [6.45, 7) is 6.44. The number of amides is 1. The first-order chi connectivity index (χ1) is 9.30. The summed E-state index contributed by atoms with van der Waals surface area (Å²) in [6.07, 6.45) is 2.22. The quantitative estimate of drug-likeness (QED) is 0.679. The van der Waals surface area contributed by atoms with Crippen molar-refractivity contribution in [1.29, 1.82) is 5.26 Å². The van der Waals surface area contributed by atoms with E-state index in [0.717, 1.165) is 11.1 Å². The van der Waals surface area contributed by atoms with Gasteiger partial charge in [0.25, 0.3) is 0 Å². The van der Waals surface area contributed by atoms with Crippen molar-refractivity contribution in [1.82, 2.24) is 4.90 Å². The fraction of sp³-hybridized carbons (Fsp3) is 0.533. The minimum absolute atomic E-state index is 0.128. The van der Waals surface area contributed by atoms with Gasteiger partial charge in [0.2, 0.25) is 0 Å². The van der Waals surface area contributed by atoms with E-state index in [2.05, 4.69) is 0 Å². The van der Waals surface area contributed by atoms with Crippen molar-refractivity contribution in [3.63, 3.8) is 0 Å². The van der Waals surface area contributed by atoms with Gasteiger partial charge in [0, 0.05) is 19.5 Å². The molecule has 1 heterocycles. The van der Waals surface area contributed by atoms with Crippen LogP contribution in [0.2, 0.25) is 0 Å². The molecule has 0 aromatic heterocycles. The van der Waals surface area contributed by atoms with E-state index in [0.29, 0.717) is 25.9 Å². The van der Waals surface area contributed by atoms with Gasteiger partial charge in [0.1, 0.15) is 11.7 Å². The summed E-state index contributed by atoms with van der Waals surface area (Å²) in [4.78, 5) is 25.3. The van der Waals surface area contributed by atoms with E-state index in [9.17, 15) is 9.59 Å². The molecule has 0 radical (unpaired) electrons. The number of nitriles is 1. The van der Waals surface area contributed by atoms with Gasteiger partial charge in [-0.2, -0.15) is 5.26 Å². The van der Waals surface area contributed by atoms with Gasteiger partial charge in [-0.1, -0.05) is 5.57 Å². The van der Waals surface area contributed by atoms with Crippen LogP contribution in [-0.4, -0.2) is 35.5 Å². The van der Waals surface area contributed by atoms with Crippen molar-refractivity contribution < 1.29 is 14.3 Å². The summed E-state index contributed by atoms with van der Waals surface area (Å²) >= 11 is 0. The number of carbonyl (C=O) groups excluding carboxylic acids is 2. The van der Waals surface area contributed by atoms with E-state index in [1.165, 1.54) is 0 Å². The highest BCUT2D eigenvalue weighted by Gasteiger charge is 2.29. The molecule has 106 valence electrons. The van der Waals surface area contributed by atoms with Gasteiger partial charge in [0.15, 0.2) is 5.78 Å².